The zero-order chi connectivity index (χ0) is 35.6. The average molecular weight is 687 g/mol. The highest BCUT2D eigenvalue weighted by Crippen LogP contribution is 2.29. The number of aliphatic hydroxyl groups excluding tert-OH is 1. The Morgan fingerprint density at radius 1 is 1.06 bits per heavy atom. The van der Waals surface area contributed by atoms with Gasteiger partial charge < -0.3 is 35.8 Å². The Morgan fingerprint density at radius 3 is 2.52 bits per heavy atom. The van der Waals surface area contributed by atoms with Crippen molar-refractivity contribution in [1.29, 1.82) is 0 Å². The third-order valence-electron chi connectivity index (χ3n) is 9.33. The van der Waals surface area contributed by atoms with Crippen LogP contribution in [0.4, 0.5) is 17.1 Å². The summed E-state index contributed by atoms with van der Waals surface area (Å²) in [5.41, 5.74) is 9.90. The van der Waals surface area contributed by atoms with E-state index in [1.54, 1.807) is 29.2 Å². The number of para-hydroxylation sites is 2. The van der Waals surface area contributed by atoms with Gasteiger partial charge in [-0.2, -0.15) is 0 Å². The number of nitrogen functional groups attached to an aromatic ring is 1. The standard InChI is InChI=1S/C38H50N6O6/c1-26-22-44(27(2)25-45)37(47)21-30-20-31(40-36(46)14-15-43-16-18-49-19-17-43)12-13-34(30)50-35(26)24-42(3)23-28-8-10-29(11-9-28)38(48)41-33-7-5-4-6-32(33)39/h4-13,20,26-27,35,45H,14-19,21-25,39H2,1-3H3,(H,40,46)(H,41,48)/t26-,27-,35+/m0/s1. The number of carbonyl (C=O) groups excluding carboxylic acids is 3. The molecule has 0 aliphatic carbocycles. The van der Waals surface area contributed by atoms with E-state index in [2.05, 4.69) is 27.4 Å². The lowest BCUT2D eigenvalue weighted by Gasteiger charge is -2.34. The van der Waals surface area contributed by atoms with Crippen LogP contribution in [-0.2, 0) is 27.3 Å². The Bertz CT molecular complexity index is 1610. The van der Waals surface area contributed by atoms with Crippen molar-refractivity contribution in [3.63, 3.8) is 0 Å². The van der Waals surface area contributed by atoms with E-state index in [4.69, 9.17) is 15.2 Å². The molecular formula is C38H50N6O6. The molecule has 0 radical (unpaired) electrons. The number of anilines is 3. The van der Waals surface area contributed by atoms with Gasteiger partial charge in [0.25, 0.3) is 5.91 Å². The van der Waals surface area contributed by atoms with Gasteiger partial charge in [0, 0.05) is 68.4 Å². The topological polar surface area (TPSA) is 150 Å². The molecule has 5 rings (SSSR count). The van der Waals surface area contributed by atoms with Crippen molar-refractivity contribution < 1.29 is 29.0 Å². The number of fused-ring (bicyclic) bond motifs is 1. The molecule has 0 aromatic heterocycles. The lowest BCUT2D eigenvalue weighted by atomic mass is 10.0. The molecule has 0 spiro atoms. The first kappa shape index (κ1) is 36.8. The van der Waals surface area contributed by atoms with E-state index in [9.17, 15) is 19.5 Å². The number of aliphatic hydroxyl groups is 1. The average Bonchev–Trinajstić information content (AvgIpc) is 3.15. The van der Waals surface area contributed by atoms with E-state index in [-0.39, 0.29) is 48.8 Å². The normalized spacial score (nSPS) is 19.1. The van der Waals surface area contributed by atoms with Crippen LogP contribution in [0.2, 0.25) is 0 Å². The number of likely N-dealkylation sites (N-methyl/N-ethyl adjacent to an activating group) is 1. The van der Waals surface area contributed by atoms with E-state index < -0.39 is 0 Å². The van der Waals surface area contributed by atoms with Gasteiger partial charge in [-0.3, -0.25) is 24.2 Å². The second-order valence-electron chi connectivity index (χ2n) is 13.4. The number of nitrogens with one attached hydrogen (secondary N) is 2. The molecule has 2 aliphatic rings. The summed E-state index contributed by atoms with van der Waals surface area (Å²) in [4.78, 5) is 45.3. The van der Waals surface area contributed by atoms with Crippen LogP contribution >= 0.6 is 0 Å². The highest BCUT2D eigenvalue weighted by atomic mass is 16.5. The Morgan fingerprint density at radius 2 is 1.80 bits per heavy atom. The molecule has 5 N–H and O–H groups in total. The van der Waals surface area contributed by atoms with Crippen LogP contribution in [0.5, 0.6) is 5.75 Å². The number of rotatable bonds is 12. The number of nitrogens with two attached hydrogens (primary N) is 1. The van der Waals surface area contributed by atoms with Crippen molar-refractivity contribution in [2.45, 2.75) is 45.4 Å². The van der Waals surface area contributed by atoms with Crippen LogP contribution in [0.25, 0.3) is 0 Å². The fourth-order valence-electron chi connectivity index (χ4n) is 6.28. The molecule has 0 saturated carbocycles. The SMILES string of the molecule is C[C@H]1CN([C@@H](C)CO)C(=O)Cc2cc(NC(=O)CCN3CCOCC3)ccc2O[C@@H]1CN(C)Cc1ccc(C(=O)Nc2ccccc2N)cc1. The second kappa shape index (κ2) is 17.4. The van der Waals surface area contributed by atoms with Crippen molar-refractivity contribution in [2.75, 3.05) is 76.0 Å². The summed E-state index contributed by atoms with van der Waals surface area (Å²) in [5, 5.41) is 15.9. The first-order valence-electron chi connectivity index (χ1n) is 17.3. The van der Waals surface area contributed by atoms with Gasteiger partial charge in [-0.25, -0.2) is 0 Å². The first-order valence-corrected chi connectivity index (χ1v) is 17.3. The third kappa shape index (κ3) is 10.0. The summed E-state index contributed by atoms with van der Waals surface area (Å²) >= 11 is 0. The maximum atomic E-state index is 13.6. The molecule has 0 bridgehead atoms. The smallest absolute Gasteiger partial charge is 0.255 e. The van der Waals surface area contributed by atoms with Crippen molar-refractivity contribution in [3.05, 3.63) is 83.4 Å². The summed E-state index contributed by atoms with van der Waals surface area (Å²) in [6.45, 7) is 9.01. The molecule has 3 atom stereocenters. The van der Waals surface area contributed by atoms with Crippen molar-refractivity contribution in [1.82, 2.24) is 14.7 Å². The van der Waals surface area contributed by atoms with Gasteiger partial charge in [0.1, 0.15) is 11.9 Å². The minimum absolute atomic E-state index is 0.0580. The molecule has 1 saturated heterocycles. The lowest BCUT2D eigenvalue weighted by Crippen LogP contribution is -2.47. The summed E-state index contributed by atoms with van der Waals surface area (Å²) in [6.07, 6.45) is 0.163. The molecule has 12 nitrogen and oxygen atoms in total. The molecule has 1 fully saturated rings. The summed E-state index contributed by atoms with van der Waals surface area (Å²) in [6, 6.07) is 19.7. The predicted molar refractivity (Wildman–Crippen MR) is 194 cm³/mol. The lowest BCUT2D eigenvalue weighted by molar-refractivity contribution is -0.134. The second-order valence-corrected chi connectivity index (χ2v) is 13.4. The molecule has 2 aliphatic heterocycles. The highest BCUT2D eigenvalue weighted by Gasteiger charge is 2.31. The van der Waals surface area contributed by atoms with Crippen LogP contribution in [0, 0.1) is 5.92 Å². The maximum absolute atomic E-state index is 13.6. The number of amides is 3. The Kier molecular flexibility index (Phi) is 12.8. The molecule has 2 heterocycles. The largest absolute Gasteiger partial charge is 0.488 e. The minimum atomic E-state index is -0.359. The van der Waals surface area contributed by atoms with E-state index in [0.29, 0.717) is 79.8 Å². The predicted octanol–water partition coefficient (Wildman–Crippen LogP) is 3.46. The summed E-state index contributed by atoms with van der Waals surface area (Å²) in [7, 11) is 2.01. The van der Waals surface area contributed by atoms with Gasteiger partial charge in [0.15, 0.2) is 0 Å². The van der Waals surface area contributed by atoms with Crippen LogP contribution in [0.15, 0.2) is 66.7 Å². The zero-order valence-electron chi connectivity index (χ0n) is 29.3. The fourth-order valence-corrected chi connectivity index (χ4v) is 6.28. The molecule has 3 aromatic carbocycles. The van der Waals surface area contributed by atoms with Gasteiger partial charge in [-0.15, -0.1) is 0 Å². The number of ether oxygens (including phenoxy) is 2. The number of hydrogen-bond donors (Lipinski definition) is 4. The molecule has 12 heteroatoms. The zero-order valence-corrected chi connectivity index (χ0v) is 29.3. The van der Waals surface area contributed by atoms with Gasteiger partial charge in [-0.1, -0.05) is 31.2 Å². The van der Waals surface area contributed by atoms with Crippen LogP contribution in [0.3, 0.4) is 0 Å². The van der Waals surface area contributed by atoms with Crippen LogP contribution in [-0.4, -0.2) is 109 Å². The first-order chi connectivity index (χ1) is 24.1. The van der Waals surface area contributed by atoms with Gasteiger partial charge >= 0.3 is 0 Å². The van der Waals surface area contributed by atoms with Crippen molar-refractivity contribution in [2.24, 2.45) is 5.92 Å². The summed E-state index contributed by atoms with van der Waals surface area (Å²) < 4.78 is 12.1. The van der Waals surface area contributed by atoms with E-state index in [0.717, 1.165) is 18.7 Å². The summed E-state index contributed by atoms with van der Waals surface area (Å²) in [5.74, 6) is 0.110. The van der Waals surface area contributed by atoms with Crippen LogP contribution < -0.4 is 21.1 Å². The fraction of sp³-hybridized carbons (Fsp3) is 0.447. The van der Waals surface area contributed by atoms with Crippen molar-refractivity contribution in [3.8, 4) is 5.75 Å². The Labute approximate surface area is 294 Å². The Balaban J connectivity index is 1.26. The molecular weight excluding hydrogens is 636 g/mol. The molecule has 3 aromatic rings. The van der Waals surface area contributed by atoms with E-state index in [1.165, 1.54) is 0 Å². The number of carbonyl (C=O) groups is 3. The number of nitrogens with zero attached hydrogens (tertiary/aromatic N) is 3. The quantitative estimate of drug-likeness (QED) is 0.210. The van der Waals surface area contributed by atoms with E-state index in [1.807, 2.05) is 56.4 Å². The monoisotopic (exact) mass is 686 g/mol. The third-order valence-corrected chi connectivity index (χ3v) is 9.33. The highest BCUT2D eigenvalue weighted by molar-refractivity contribution is 6.05. The molecule has 0 unspecified atom stereocenters. The van der Waals surface area contributed by atoms with Crippen molar-refractivity contribution >= 4 is 34.8 Å². The van der Waals surface area contributed by atoms with Crippen LogP contribution in [0.1, 0.15) is 41.8 Å². The van der Waals surface area contributed by atoms with E-state index >= 15 is 0 Å². The van der Waals surface area contributed by atoms with Gasteiger partial charge in [0.2, 0.25) is 11.8 Å². The van der Waals surface area contributed by atoms with Gasteiger partial charge in [-0.05, 0) is 62.0 Å². The maximum Gasteiger partial charge on any atom is 0.255 e. The minimum Gasteiger partial charge on any atom is -0.488 e. The number of benzene rings is 3. The molecule has 50 heavy (non-hydrogen) atoms. The number of morpholine rings is 1. The molecule has 268 valence electrons. The van der Waals surface area contributed by atoms with Gasteiger partial charge in [0.05, 0.1) is 43.7 Å². The molecule has 3 amide bonds. The Hall–Kier alpha value is -4.49. The number of hydrogen-bond acceptors (Lipinski definition) is 9.